The van der Waals surface area contributed by atoms with Gasteiger partial charge in [0.2, 0.25) is 0 Å². The summed E-state index contributed by atoms with van der Waals surface area (Å²) < 4.78 is 5.53. The fraction of sp³-hybridized carbons (Fsp3) is 0.562. The summed E-state index contributed by atoms with van der Waals surface area (Å²) in [5, 5.41) is 0.766. The Hall–Kier alpha value is -1.06. The number of cyclic esters (lactones) is 1. The first kappa shape index (κ1) is 13.9. The Labute approximate surface area is 124 Å². The standard InChI is InChI=1S/C16H20ClNO2/c1-2-18(10-12-4-3-5-13(17)8-12)11-14-9-16(6-7-16)15(19)20-14/h3-5,8,14H,2,6-7,9-11H2,1H3/t14-/m1/s1. The topological polar surface area (TPSA) is 29.5 Å². The lowest BCUT2D eigenvalue weighted by Crippen LogP contribution is -2.32. The van der Waals surface area contributed by atoms with Crippen LogP contribution in [0.4, 0.5) is 0 Å². The monoisotopic (exact) mass is 293 g/mol. The third-order valence-corrected chi connectivity index (χ3v) is 4.62. The molecule has 0 bridgehead atoms. The van der Waals surface area contributed by atoms with E-state index in [1.54, 1.807) is 0 Å². The van der Waals surface area contributed by atoms with Gasteiger partial charge in [-0.3, -0.25) is 9.69 Å². The van der Waals surface area contributed by atoms with E-state index >= 15 is 0 Å². The maximum absolute atomic E-state index is 11.8. The number of rotatable bonds is 5. The Bertz CT molecular complexity index is 513. The van der Waals surface area contributed by atoms with Gasteiger partial charge >= 0.3 is 5.97 Å². The Morgan fingerprint density at radius 2 is 2.25 bits per heavy atom. The molecule has 0 aromatic heterocycles. The first-order chi connectivity index (χ1) is 9.61. The number of esters is 1. The highest BCUT2D eigenvalue weighted by Crippen LogP contribution is 2.54. The van der Waals surface area contributed by atoms with Gasteiger partial charge in [0.25, 0.3) is 0 Å². The Balaban J connectivity index is 1.59. The van der Waals surface area contributed by atoms with Crippen molar-refractivity contribution < 1.29 is 9.53 Å². The first-order valence-electron chi connectivity index (χ1n) is 7.29. The van der Waals surface area contributed by atoms with Crippen molar-refractivity contribution in [3.05, 3.63) is 34.9 Å². The molecule has 2 fully saturated rings. The highest BCUT2D eigenvalue weighted by Gasteiger charge is 2.57. The molecule has 4 heteroatoms. The minimum Gasteiger partial charge on any atom is -0.461 e. The van der Waals surface area contributed by atoms with E-state index in [0.717, 1.165) is 43.9 Å². The summed E-state index contributed by atoms with van der Waals surface area (Å²) in [6.07, 6.45) is 2.99. The second-order valence-electron chi connectivity index (χ2n) is 5.97. The number of carbonyl (C=O) groups is 1. The summed E-state index contributed by atoms with van der Waals surface area (Å²) in [6, 6.07) is 7.93. The SMILES string of the molecule is CCN(Cc1cccc(Cl)c1)C[C@H]1CC2(CC2)C(=O)O1. The molecular weight excluding hydrogens is 274 g/mol. The van der Waals surface area contributed by atoms with E-state index in [-0.39, 0.29) is 17.5 Å². The zero-order valence-electron chi connectivity index (χ0n) is 11.8. The van der Waals surface area contributed by atoms with Crippen LogP contribution in [0.3, 0.4) is 0 Å². The number of nitrogens with zero attached hydrogens (tertiary/aromatic N) is 1. The van der Waals surface area contributed by atoms with Crippen LogP contribution >= 0.6 is 11.6 Å². The van der Waals surface area contributed by atoms with Crippen LogP contribution in [0, 0.1) is 5.41 Å². The predicted octanol–water partition coefficient (Wildman–Crippen LogP) is 3.26. The highest BCUT2D eigenvalue weighted by atomic mass is 35.5. The van der Waals surface area contributed by atoms with E-state index in [0.29, 0.717) is 0 Å². The minimum absolute atomic E-state index is 0.0290. The fourth-order valence-corrected chi connectivity index (χ4v) is 3.20. The summed E-state index contributed by atoms with van der Waals surface area (Å²) in [5.41, 5.74) is 1.10. The van der Waals surface area contributed by atoms with E-state index in [4.69, 9.17) is 16.3 Å². The third kappa shape index (κ3) is 2.84. The van der Waals surface area contributed by atoms with Gasteiger partial charge in [-0.25, -0.2) is 0 Å². The number of likely N-dealkylation sites (N-methyl/N-ethyl adjacent to an activating group) is 1. The van der Waals surface area contributed by atoms with Crippen LogP contribution in [0.25, 0.3) is 0 Å². The molecule has 1 aromatic carbocycles. The van der Waals surface area contributed by atoms with Crippen LogP contribution in [0.5, 0.6) is 0 Å². The number of carbonyl (C=O) groups excluding carboxylic acids is 1. The van der Waals surface area contributed by atoms with Gasteiger partial charge in [0.05, 0.1) is 5.41 Å². The lowest BCUT2D eigenvalue weighted by molar-refractivity contribution is -0.145. The van der Waals surface area contributed by atoms with Gasteiger partial charge < -0.3 is 4.74 Å². The molecule has 1 saturated heterocycles. The van der Waals surface area contributed by atoms with E-state index in [1.165, 1.54) is 5.56 Å². The largest absolute Gasteiger partial charge is 0.461 e. The molecular formula is C16H20ClNO2. The molecule has 2 aliphatic rings. The maximum atomic E-state index is 11.8. The number of hydrogen-bond donors (Lipinski definition) is 0. The van der Waals surface area contributed by atoms with E-state index in [2.05, 4.69) is 17.9 Å². The van der Waals surface area contributed by atoms with Gasteiger partial charge in [0.15, 0.2) is 0 Å². The van der Waals surface area contributed by atoms with Crippen molar-refractivity contribution in [2.75, 3.05) is 13.1 Å². The number of hydrogen-bond acceptors (Lipinski definition) is 3. The second-order valence-corrected chi connectivity index (χ2v) is 6.41. The Kier molecular flexibility index (Phi) is 3.74. The lowest BCUT2D eigenvalue weighted by atomic mass is 10.0. The summed E-state index contributed by atoms with van der Waals surface area (Å²) in [5.74, 6) is 0.0290. The Morgan fingerprint density at radius 1 is 1.45 bits per heavy atom. The summed E-state index contributed by atoms with van der Waals surface area (Å²) >= 11 is 6.02. The fourth-order valence-electron chi connectivity index (χ4n) is 2.99. The molecule has 0 amide bonds. The van der Waals surface area contributed by atoms with Crippen molar-refractivity contribution in [2.24, 2.45) is 5.41 Å². The maximum Gasteiger partial charge on any atom is 0.312 e. The van der Waals surface area contributed by atoms with Crippen molar-refractivity contribution in [3.63, 3.8) is 0 Å². The average molecular weight is 294 g/mol. The highest BCUT2D eigenvalue weighted by molar-refractivity contribution is 6.30. The molecule has 20 heavy (non-hydrogen) atoms. The molecule has 1 atom stereocenters. The molecule has 1 spiro atoms. The van der Waals surface area contributed by atoms with Crippen LogP contribution in [0.2, 0.25) is 5.02 Å². The van der Waals surface area contributed by atoms with Crippen LogP contribution in [0.1, 0.15) is 31.7 Å². The lowest BCUT2D eigenvalue weighted by Gasteiger charge is -2.23. The number of ether oxygens (including phenoxy) is 1. The van der Waals surface area contributed by atoms with Gasteiger partial charge in [-0.2, -0.15) is 0 Å². The van der Waals surface area contributed by atoms with Gasteiger partial charge in [0, 0.05) is 24.5 Å². The molecule has 0 unspecified atom stereocenters. The van der Waals surface area contributed by atoms with Crippen molar-refractivity contribution in [2.45, 2.75) is 38.8 Å². The quantitative estimate of drug-likeness (QED) is 0.781. The van der Waals surface area contributed by atoms with Gasteiger partial charge in [0.1, 0.15) is 6.10 Å². The average Bonchev–Trinajstić information content (AvgIpc) is 3.11. The van der Waals surface area contributed by atoms with Crippen LogP contribution < -0.4 is 0 Å². The summed E-state index contributed by atoms with van der Waals surface area (Å²) in [7, 11) is 0. The third-order valence-electron chi connectivity index (χ3n) is 4.38. The van der Waals surface area contributed by atoms with Crippen LogP contribution in [0.15, 0.2) is 24.3 Å². The normalized spacial score (nSPS) is 23.4. The summed E-state index contributed by atoms with van der Waals surface area (Å²) in [6.45, 7) is 4.73. The zero-order chi connectivity index (χ0) is 14.2. The smallest absolute Gasteiger partial charge is 0.312 e. The van der Waals surface area contributed by atoms with Crippen molar-refractivity contribution >= 4 is 17.6 Å². The number of benzene rings is 1. The molecule has 108 valence electrons. The second kappa shape index (κ2) is 5.38. The molecule has 3 rings (SSSR count). The van der Waals surface area contributed by atoms with Gasteiger partial charge in [-0.1, -0.05) is 30.7 Å². The minimum atomic E-state index is -0.0971. The predicted molar refractivity (Wildman–Crippen MR) is 78.6 cm³/mol. The first-order valence-corrected chi connectivity index (χ1v) is 7.67. The molecule has 1 aromatic rings. The van der Waals surface area contributed by atoms with Crippen LogP contribution in [-0.4, -0.2) is 30.1 Å². The molecule has 1 saturated carbocycles. The Morgan fingerprint density at radius 3 is 2.85 bits per heavy atom. The van der Waals surface area contributed by atoms with Crippen LogP contribution in [-0.2, 0) is 16.1 Å². The number of halogens is 1. The molecule has 3 nitrogen and oxygen atoms in total. The van der Waals surface area contributed by atoms with Crippen molar-refractivity contribution in [1.29, 1.82) is 0 Å². The van der Waals surface area contributed by atoms with E-state index < -0.39 is 0 Å². The molecule has 1 aliphatic heterocycles. The summed E-state index contributed by atoms with van der Waals surface area (Å²) in [4.78, 5) is 14.1. The van der Waals surface area contributed by atoms with Gasteiger partial charge in [-0.05, 0) is 37.1 Å². The molecule has 1 heterocycles. The molecule has 1 aliphatic carbocycles. The van der Waals surface area contributed by atoms with Crippen molar-refractivity contribution in [1.82, 2.24) is 4.90 Å². The van der Waals surface area contributed by atoms with E-state index in [1.807, 2.05) is 18.2 Å². The molecule has 0 N–H and O–H groups in total. The zero-order valence-corrected chi connectivity index (χ0v) is 12.5. The van der Waals surface area contributed by atoms with Crippen molar-refractivity contribution in [3.8, 4) is 0 Å². The van der Waals surface area contributed by atoms with E-state index in [9.17, 15) is 4.79 Å². The molecule has 0 radical (unpaired) electrons. The van der Waals surface area contributed by atoms with Gasteiger partial charge in [-0.15, -0.1) is 0 Å².